The van der Waals surface area contributed by atoms with Crippen LogP contribution >= 0.6 is 23.2 Å². The summed E-state index contributed by atoms with van der Waals surface area (Å²) in [5, 5.41) is 4.48. The molecule has 0 aromatic heterocycles. The number of benzene rings is 1. The third kappa shape index (κ3) is 2.49. The number of carbonyl (C=O) groups is 1. The van der Waals surface area contributed by atoms with Crippen LogP contribution in [0.25, 0.3) is 0 Å². The summed E-state index contributed by atoms with van der Waals surface area (Å²) in [6, 6.07) is 5.70. The lowest BCUT2D eigenvalue weighted by Crippen LogP contribution is -2.43. The largest absolute Gasteiger partial charge is 0.310 e. The third-order valence-electron chi connectivity index (χ3n) is 3.61. The van der Waals surface area contributed by atoms with Crippen LogP contribution in [0.15, 0.2) is 18.2 Å². The fraction of sp³-hybridized carbons (Fsp3) is 0.462. The molecule has 1 aliphatic rings. The first-order valence-electron chi connectivity index (χ1n) is 5.73. The van der Waals surface area contributed by atoms with E-state index in [0.29, 0.717) is 28.7 Å². The van der Waals surface area contributed by atoms with Gasteiger partial charge in [-0.25, -0.2) is 0 Å². The maximum atomic E-state index is 11.3. The average Bonchev–Trinajstić information content (AvgIpc) is 2.34. The van der Waals surface area contributed by atoms with Gasteiger partial charge in [-0.3, -0.25) is 4.79 Å². The molecule has 0 aliphatic heterocycles. The first-order chi connectivity index (χ1) is 8.07. The van der Waals surface area contributed by atoms with Crippen LogP contribution in [-0.2, 0) is 10.3 Å². The smallest absolute Gasteiger partial charge is 0.133 e. The zero-order valence-electron chi connectivity index (χ0n) is 9.72. The molecule has 1 aliphatic carbocycles. The van der Waals surface area contributed by atoms with Crippen molar-refractivity contribution < 1.29 is 4.79 Å². The van der Waals surface area contributed by atoms with Crippen LogP contribution in [0, 0.1) is 0 Å². The van der Waals surface area contributed by atoms with Gasteiger partial charge in [-0.1, -0.05) is 29.3 Å². The summed E-state index contributed by atoms with van der Waals surface area (Å²) in [4.78, 5) is 11.3. The highest BCUT2D eigenvalue weighted by Gasteiger charge is 2.35. The van der Waals surface area contributed by atoms with Crippen LogP contribution in [0.1, 0.15) is 31.2 Å². The molecular formula is C13H15Cl2NO. The lowest BCUT2D eigenvalue weighted by Gasteiger charge is -2.37. The Morgan fingerprint density at radius 3 is 2.35 bits per heavy atom. The summed E-state index contributed by atoms with van der Waals surface area (Å²) in [5.41, 5.74) is 0.976. The molecule has 0 spiro atoms. The van der Waals surface area contributed by atoms with E-state index in [1.54, 1.807) is 0 Å². The molecule has 4 heteroatoms. The van der Waals surface area contributed by atoms with Gasteiger partial charge in [-0.15, -0.1) is 0 Å². The monoisotopic (exact) mass is 271 g/mol. The summed E-state index contributed by atoms with van der Waals surface area (Å²) in [7, 11) is 1.93. The first-order valence-corrected chi connectivity index (χ1v) is 6.49. The fourth-order valence-corrected chi connectivity index (χ4v) is 2.73. The number of carbonyl (C=O) groups excluding carboxylic acids is 1. The molecule has 1 aromatic rings. The Kier molecular flexibility index (Phi) is 3.76. The van der Waals surface area contributed by atoms with Crippen LogP contribution in [0.2, 0.25) is 10.0 Å². The molecule has 0 atom stereocenters. The van der Waals surface area contributed by atoms with Gasteiger partial charge in [0.1, 0.15) is 5.78 Å². The highest BCUT2D eigenvalue weighted by molar-refractivity contribution is 6.42. The topological polar surface area (TPSA) is 29.1 Å². The summed E-state index contributed by atoms with van der Waals surface area (Å²) in [6.07, 6.45) is 2.89. The molecule has 0 heterocycles. The first kappa shape index (κ1) is 12.9. The van der Waals surface area contributed by atoms with Gasteiger partial charge in [0, 0.05) is 18.4 Å². The van der Waals surface area contributed by atoms with E-state index in [4.69, 9.17) is 23.2 Å². The third-order valence-corrected chi connectivity index (χ3v) is 4.35. The molecule has 0 bridgehead atoms. The predicted molar refractivity (Wildman–Crippen MR) is 70.7 cm³/mol. The van der Waals surface area contributed by atoms with Crippen molar-refractivity contribution >= 4 is 29.0 Å². The van der Waals surface area contributed by atoms with Gasteiger partial charge in [-0.05, 0) is 37.6 Å². The van der Waals surface area contributed by atoms with E-state index < -0.39 is 0 Å². The number of hydrogen-bond donors (Lipinski definition) is 1. The van der Waals surface area contributed by atoms with Crippen LogP contribution in [0.3, 0.4) is 0 Å². The van der Waals surface area contributed by atoms with E-state index in [1.165, 1.54) is 0 Å². The second-order valence-electron chi connectivity index (χ2n) is 4.50. The van der Waals surface area contributed by atoms with Crippen molar-refractivity contribution in [2.24, 2.45) is 0 Å². The van der Waals surface area contributed by atoms with E-state index in [-0.39, 0.29) is 5.54 Å². The van der Waals surface area contributed by atoms with Crippen molar-refractivity contribution in [3.05, 3.63) is 33.8 Å². The Morgan fingerprint density at radius 2 is 1.82 bits per heavy atom. The SMILES string of the molecule is CNC1(c2ccc(Cl)c(Cl)c2)CCC(=O)CC1. The lowest BCUT2D eigenvalue weighted by molar-refractivity contribution is -0.121. The number of halogens is 2. The summed E-state index contributed by atoms with van der Waals surface area (Å²) in [6.45, 7) is 0. The molecule has 1 aromatic carbocycles. The van der Waals surface area contributed by atoms with Crippen molar-refractivity contribution in [1.29, 1.82) is 0 Å². The Bertz CT molecular complexity index is 435. The van der Waals surface area contributed by atoms with E-state index in [9.17, 15) is 4.79 Å². The van der Waals surface area contributed by atoms with Crippen molar-refractivity contribution in [1.82, 2.24) is 5.32 Å². The van der Waals surface area contributed by atoms with Gasteiger partial charge < -0.3 is 5.32 Å². The van der Waals surface area contributed by atoms with Crippen molar-refractivity contribution in [3.8, 4) is 0 Å². The molecule has 0 radical (unpaired) electrons. The zero-order valence-corrected chi connectivity index (χ0v) is 11.2. The van der Waals surface area contributed by atoms with Crippen molar-refractivity contribution in [2.75, 3.05) is 7.05 Å². The van der Waals surface area contributed by atoms with Crippen LogP contribution in [0.4, 0.5) is 0 Å². The lowest BCUT2D eigenvalue weighted by atomic mass is 9.76. The Morgan fingerprint density at radius 1 is 1.18 bits per heavy atom. The van der Waals surface area contributed by atoms with Gasteiger partial charge in [0.05, 0.1) is 10.0 Å². The fourth-order valence-electron chi connectivity index (χ4n) is 2.43. The summed E-state index contributed by atoms with van der Waals surface area (Å²) >= 11 is 12.0. The molecule has 1 saturated carbocycles. The molecule has 0 unspecified atom stereocenters. The molecule has 0 amide bonds. The normalized spacial score (nSPS) is 19.4. The van der Waals surface area contributed by atoms with Crippen LogP contribution < -0.4 is 5.32 Å². The zero-order chi connectivity index (χ0) is 12.5. The van der Waals surface area contributed by atoms with Crippen molar-refractivity contribution in [3.63, 3.8) is 0 Å². The summed E-state index contributed by atoms with van der Waals surface area (Å²) in [5.74, 6) is 0.343. The molecule has 2 rings (SSSR count). The second kappa shape index (κ2) is 4.97. The number of hydrogen-bond acceptors (Lipinski definition) is 2. The maximum Gasteiger partial charge on any atom is 0.133 e. The van der Waals surface area contributed by atoms with Crippen LogP contribution in [0.5, 0.6) is 0 Å². The Hall–Kier alpha value is -0.570. The average molecular weight is 272 g/mol. The number of rotatable bonds is 2. The van der Waals surface area contributed by atoms with Gasteiger partial charge in [0.2, 0.25) is 0 Å². The summed E-state index contributed by atoms with van der Waals surface area (Å²) < 4.78 is 0. The van der Waals surface area contributed by atoms with Crippen molar-refractivity contribution in [2.45, 2.75) is 31.2 Å². The minimum absolute atomic E-state index is 0.137. The molecular weight excluding hydrogens is 257 g/mol. The van der Waals surface area contributed by atoms with E-state index in [1.807, 2.05) is 25.2 Å². The molecule has 1 N–H and O–H groups in total. The van der Waals surface area contributed by atoms with Gasteiger partial charge >= 0.3 is 0 Å². The number of nitrogens with one attached hydrogen (secondary N) is 1. The second-order valence-corrected chi connectivity index (χ2v) is 5.31. The molecule has 0 saturated heterocycles. The number of Topliss-reactive ketones (excluding diaryl/α,β-unsaturated/α-hetero) is 1. The predicted octanol–water partition coefficient (Wildman–Crippen LogP) is 3.55. The quantitative estimate of drug-likeness (QED) is 0.892. The Balaban J connectivity index is 2.34. The van der Waals surface area contributed by atoms with E-state index >= 15 is 0 Å². The molecule has 92 valence electrons. The molecule has 17 heavy (non-hydrogen) atoms. The highest BCUT2D eigenvalue weighted by atomic mass is 35.5. The Labute approximate surface area is 111 Å². The van der Waals surface area contributed by atoms with Gasteiger partial charge in [-0.2, -0.15) is 0 Å². The molecule has 1 fully saturated rings. The van der Waals surface area contributed by atoms with Gasteiger partial charge in [0.25, 0.3) is 0 Å². The molecule has 2 nitrogen and oxygen atoms in total. The number of ketones is 1. The standard InChI is InChI=1S/C13H15Cl2NO/c1-16-13(6-4-10(17)5-7-13)9-2-3-11(14)12(15)8-9/h2-3,8,16H,4-7H2,1H3. The van der Waals surface area contributed by atoms with E-state index in [0.717, 1.165) is 18.4 Å². The van der Waals surface area contributed by atoms with E-state index in [2.05, 4.69) is 5.32 Å². The van der Waals surface area contributed by atoms with Crippen LogP contribution in [-0.4, -0.2) is 12.8 Å². The maximum absolute atomic E-state index is 11.3. The highest BCUT2D eigenvalue weighted by Crippen LogP contribution is 2.37. The minimum atomic E-state index is -0.137. The minimum Gasteiger partial charge on any atom is -0.310 e. The van der Waals surface area contributed by atoms with Gasteiger partial charge in [0.15, 0.2) is 0 Å².